The van der Waals surface area contributed by atoms with E-state index < -0.39 is 0 Å². The molecule has 4 nitrogen and oxygen atoms in total. The highest BCUT2D eigenvalue weighted by atomic mass is 35.5. The van der Waals surface area contributed by atoms with Crippen molar-refractivity contribution in [3.63, 3.8) is 0 Å². The van der Waals surface area contributed by atoms with E-state index in [0.29, 0.717) is 5.02 Å². The summed E-state index contributed by atoms with van der Waals surface area (Å²) in [7, 11) is 2.98. The quantitative estimate of drug-likeness (QED) is 0.917. The first-order valence-electron chi connectivity index (χ1n) is 4.91. The van der Waals surface area contributed by atoms with E-state index >= 15 is 0 Å². The molecule has 0 bridgehead atoms. The molecule has 0 fully saturated rings. The smallest absolute Gasteiger partial charge is 0.259 e. The van der Waals surface area contributed by atoms with Crippen LogP contribution in [0.25, 0.3) is 0 Å². The van der Waals surface area contributed by atoms with Gasteiger partial charge in [0.2, 0.25) is 0 Å². The van der Waals surface area contributed by atoms with Gasteiger partial charge in [0.15, 0.2) is 5.75 Å². The summed E-state index contributed by atoms with van der Waals surface area (Å²) in [6.45, 7) is 0.0908. The molecule has 0 heterocycles. The van der Waals surface area contributed by atoms with Crippen molar-refractivity contribution < 1.29 is 14.6 Å². The molecule has 1 amide bonds. The summed E-state index contributed by atoms with van der Waals surface area (Å²) in [5.74, 6) is -0.0997. The Hall–Kier alpha value is -0.970. The lowest BCUT2D eigenvalue weighted by atomic mass is 10.1. The van der Waals surface area contributed by atoms with Crippen molar-refractivity contribution in [3.05, 3.63) is 27.7 Å². The maximum Gasteiger partial charge on any atom is 0.259 e. The molecule has 17 heavy (non-hydrogen) atoms. The maximum atomic E-state index is 12.1. The fourth-order valence-electron chi connectivity index (χ4n) is 1.37. The first kappa shape index (κ1) is 14.1. The molecule has 0 radical (unpaired) electrons. The minimum atomic E-state index is -0.344. The fraction of sp³-hybridized carbons (Fsp3) is 0.364. The predicted octanol–water partition coefficient (Wildman–Crippen LogP) is 2.07. The number of likely N-dealkylation sites (N-methyl/N-ethyl adjacent to an activating group) is 1. The van der Waals surface area contributed by atoms with Crippen molar-refractivity contribution in [2.45, 2.75) is 0 Å². The minimum absolute atomic E-state index is 0.122. The standard InChI is InChI=1S/C11H13Cl2NO3/c1-14(5-6-15)11(16)9-7(12)3-4-8(13)10(9)17-2/h3-4,15H,5-6H2,1-2H3. The van der Waals surface area contributed by atoms with Crippen molar-refractivity contribution >= 4 is 29.1 Å². The number of carbonyl (C=O) groups is 1. The van der Waals surface area contributed by atoms with E-state index in [0.717, 1.165) is 0 Å². The van der Waals surface area contributed by atoms with Gasteiger partial charge < -0.3 is 14.7 Å². The number of carbonyl (C=O) groups excluding carboxylic acids is 1. The summed E-state index contributed by atoms with van der Waals surface area (Å²) in [6.07, 6.45) is 0. The molecule has 0 spiro atoms. The van der Waals surface area contributed by atoms with Gasteiger partial charge in [-0.3, -0.25) is 4.79 Å². The van der Waals surface area contributed by atoms with E-state index in [1.165, 1.54) is 18.1 Å². The summed E-state index contributed by atoms with van der Waals surface area (Å²) >= 11 is 11.9. The largest absolute Gasteiger partial charge is 0.494 e. The SMILES string of the molecule is COc1c(Cl)ccc(Cl)c1C(=O)N(C)CCO. The van der Waals surface area contributed by atoms with Crippen molar-refractivity contribution in [1.29, 1.82) is 0 Å². The van der Waals surface area contributed by atoms with Crippen molar-refractivity contribution in [3.8, 4) is 5.75 Å². The van der Waals surface area contributed by atoms with Crippen molar-refractivity contribution in [2.75, 3.05) is 27.3 Å². The van der Waals surface area contributed by atoms with E-state index in [2.05, 4.69) is 0 Å². The van der Waals surface area contributed by atoms with Crippen molar-refractivity contribution in [1.82, 2.24) is 4.90 Å². The zero-order valence-electron chi connectivity index (χ0n) is 9.54. The molecule has 94 valence electrons. The van der Waals surface area contributed by atoms with Crippen LogP contribution in [0.15, 0.2) is 12.1 Å². The number of benzene rings is 1. The third-order valence-corrected chi connectivity index (χ3v) is 2.87. The zero-order valence-corrected chi connectivity index (χ0v) is 11.0. The van der Waals surface area contributed by atoms with Gasteiger partial charge in [-0.05, 0) is 12.1 Å². The molecule has 0 aliphatic rings. The van der Waals surface area contributed by atoms with Gasteiger partial charge in [0, 0.05) is 13.6 Å². The van der Waals surface area contributed by atoms with Gasteiger partial charge in [0.25, 0.3) is 5.91 Å². The summed E-state index contributed by atoms with van der Waals surface area (Å²) in [5, 5.41) is 9.38. The molecule has 0 unspecified atom stereocenters. The molecule has 1 N–H and O–H groups in total. The summed E-state index contributed by atoms with van der Waals surface area (Å²) in [4.78, 5) is 13.4. The number of aliphatic hydroxyl groups is 1. The highest BCUT2D eigenvalue weighted by molar-refractivity contribution is 6.37. The van der Waals surface area contributed by atoms with Crippen LogP contribution in [0.3, 0.4) is 0 Å². The van der Waals surface area contributed by atoms with Crippen LogP contribution in [-0.2, 0) is 0 Å². The Bertz CT molecular complexity index is 423. The van der Waals surface area contributed by atoms with Crippen LogP contribution >= 0.6 is 23.2 Å². The lowest BCUT2D eigenvalue weighted by molar-refractivity contribution is 0.0764. The molecule has 6 heteroatoms. The number of aliphatic hydroxyl groups excluding tert-OH is 1. The molecular weight excluding hydrogens is 265 g/mol. The van der Waals surface area contributed by atoms with E-state index in [9.17, 15) is 4.79 Å². The molecule has 0 saturated heterocycles. The summed E-state index contributed by atoms with van der Waals surface area (Å²) < 4.78 is 5.08. The average Bonchev–Trinajstić information content (AvgIpc) is 2.31. The average molecular weight is 278 g/mol. The number of halogens is 2. The number of amides is 1. The lowest BCUT2D eigenvalue weighted by Gasteiger charge is -2.18. The number of nitrogens with zero attached hydrogens (tertiary/aromatic N) is 1. The van der Waals surface area contributed by atoms with Crippen LogP contribution in [0.5, 0.6) is 5.75 Å². The monoisotopic (exact) mass is 277 g/mol. The molecule has 0 aliphatic heterocycles. The number of hydrogen-bond donors (Lipinski definition) is 1. The molecule has 1 aromatic carbocycles. The van der Waals surface area contributed by atoms with Gasteiger partial charge in [-0.1, -0.05) is 23.2 Å². The first-order chi connectivity index (χ1) is 8.02. The second-order valence-electron chi connectivity index (χ2n) is 3.39. The Kier molecular flexibility index (Phi) is 5.05. The normalized spacial score (nSPS) is 10.2. The highest BCUT2D eigenvalue weighted by Gasteiger charge is 2.22. The Morgan fingerprint density at radius 2 is 2.00 bits per heavy atom. The van der Waals surface area contributed by atoms with Crippen LogP contribution in [0, 0.1) is 0 Å². The third-order valence-electron chi connectivity index (χ3n) is 2.26. The minimum Gasteiger partial charge on any atom is -0.494 e. The van der Waals surface area contributed by atoms with Crippen LogP contribution in [0.4, 0.5) is 0 Å². The first-order valence-corrected chi connectivity index (χ1v) is 5.66. The Morgan fingerprint density at radius 3 is 2.53 bits per heavy atom. The maximum absolute atomic E-state index is 12.1. The van der Waals surface area contributed by atoms with Crippen LogP contribution in [0.1, 0.15) is 10.4 Å². The second kappa shape index (κ2) is 6.10. The zero-order chi connectivity index (χ0) is 13.0. The van der Waals surface area contributed by atoms with E-state index in [1.807, 2.05) is 0 Å². The summed E-state index contributed by atoms with van der Waals surface area (Å²) in [5.41, 5.74) is 0.206. The number of ether oxygens (including phenoxy) is 1. The molecule has 1 rings (SSSR count). The Labute approximate surface area is 110 Å². The van der Waals surface area contributed by atoms with Gasteiger partial charge in [0.05, 0.1) is 23.8 Å². The third kappa shape index (κ3) is 3.03. The topological polar surface area (TPSA) is 49.8 Å². The molecule has 0 saturated carbocycles. The lowest BCUT2D eigenvalue weighted by Crippen LogP contribution is -2.30. The van der Waals surface area contributed by atoms with Crippen LogP contribution in [-0.4, -0.2) is 43.2 Å². The van der Waals surface area contributed by atoms with Crippen LogP contribution in [0.2, 0.25) is 10.0 Å². The van der Waals surface area contributed by atoms with E-state index in [4.69, 9.17) is 33.0 Å². The van der Waals surface area contributed by atoms with Crippen LogP contribution < -0.4 is 4.74 Å². The number of rotatable bonds is 4. The fourth-order valence-corrected chi connectivity index (χ4v) is 1.84. The van der Waals surface area contributed by atoms with E-state index in [-0.39, 0.29) is 35.4 Å². The van der Waals surface area contributed by atoms with Gasteiger partial charge in [-0.25, -0.2) is 0 Å². The predicted molar refractivity (Wildman–Crippen MR) is 67.1 cm³/mol. The molecule has 0 atom stereocenters. The van der Waals surface area contributed by atoms with Crippen molar-refractivity contribution in [2.24, 2.45) is 0 Å². The number of hydrogen-bond acceptors (Lipinski definition) is 3. The van der Waals surface area contributed by atoms with E-state index in [1.54, 1.807) is 13.1 Å². The highest BCUT2D eigenvalue weighted by Crippen LogP contribution is 2.34. The van der Waals surface area contributed by atoms with Gasteiger partial charge in [0.1, 0.15) is 5.56 Å². The molecule has 1 aromatic rings. The van der Waals surface area contributed by atoms with Gasteiger partial charge in [-0.15, -0.1) is 0 Å². The molecular formula is C11H13Cl2NO3. The Balaban J connectivity index is 3.20. The molecule has 0 aromatic heterocycles. The Morgan fingerprint density at radius 1 is 1.41 bits per heavy atom. The summed E-state index contributed by atoms with van der Waals surface area (Å²) in [6, 6.07) is 3.10. The van der Waals surface area contributed by atoms with Gasteiger partial charge in [-0.2, -0.15) is 0 Å². The molecule has 0 aliphatic carbocycles. The second-order valence-corrected chi connectivity index (χ2v) is 4.20. The van der Waals surface area contributed by atoms with Gasteiger partial charge >= 0.3 is 0 Å². The number of methoxy groups -OCH3 is 1.